The van der Waals surface area contributed by atoms with Crippen molar-refractivity contribution in [3.63, 3.8) is 0 Å². The number of rotatable bonds is 15. The highest BCUT2D eigenvalue weighted by atomic mass is 16.5. The quantitative estimate of drug-likeness (QED) is 0.460. The highest BCUT2D eigenvalue weighted by Gasteiger charge is 2.04. The van der Waals surface area contributed by atoms with Crippen LogP contribution in [0.1, 0.15) is 70.6 Å². The molecular weight excluding hydrogens is 288 g/mol. The van der Waals surface area contributed by atoms with Gasteiger partial charge in [0.2, 0.25) is 0 Å². The van der Waals surface area contributed by atoms with Crippen LogP contribution in [-0.2, 0) is 0 Å². The van der Waals surface area contributed by atoms with Gasteiger partial charge in [-0.2, -0.15) is 0 Å². The fraction of sp³-hybridized carbons (Fsp3) is 0.700. The highest BCUT2D eigenvalue weighted by Crippen LogP contribution is 2.13. The van der Waals surface area contributed by atoms with Crippen molar-refractivity contribution in [2.45, 2.75) is 76.7 Å². The first-order valence-corrected chi connectivity index (χ1v) is 9.29. The van der Waals surface area contributed by atoms with Gasteiger partial charge >= 0.3 is 0 Å². The van der Waals surface area contributed by atoms with E-state index >= 15 is 0 Å². The van der Waals surface area contributed by atoms with Crippen molar-refractivity contribution in [3.05, 3.63) is 30.3 Å². The Hall–Kier alpha value is -1.06. The summed E-state index contributed by atoms with van der Waals surface area (Å²) in [6.45, 7) is 0.722. The van der Waals surface area contributed by atoms with Crippen LogP contribution in [0.2, 0.25) is 0 Å². The average molecular weight is 322 g/mol. The fourth-order valence-corrected chi connectivity index (χ4v) is 2.70. The second kappa shape index (κ2) is 14.5. The maximum atomic E-state index is 9.91. The fourth-order valence-electron chi connectivity index (χ4n) is 2.70. The summed E-state index contributed by atoms with van der Waals surface area (Å²) in [5, 5.41) is 18.6. The second-order valence-electron chi connectivity index (χ2n) is 6.33. The number of unbranched alkanes of at least 4 members (excludes halogenated alkanes) is 9. The van der Waals surface area contributed by atoms with Crippen molar-refractivity contribution in [3.8, 4) is 5.75 Å². The maximum Gasteiger partial charge on any atom is 0.119 e. The van der Waals surface area contributed by atoms with E-state index < -0.39 is 0 Å². The van der Waals surface area contributed by atoms with Gasteiger partial charge in [-0.1, -0.05) is 76.0 Å². The molecule has 3 nitrogen and oxygen atoms in total. The molecular formula is C20H34O3. The summed E-state index contributed by atoms with van der Waals surface area (Å²) in [5.41, 5.74) is 0. The summed E-state index contributed by atoms with van der Waals surface area (Å²) in [5.74, 6) is 0.825. The Kier molecular flexibility index (Phi) is 12.6. The van der Waals surface area contributed by atoms with Gasteiger partial charge in [0.1, 0.15) is 12.4 Å². The van der Waals surface area contributed by atoms with E-state index in [-0.39, 0.29) is 6.10 Å². The van der Waals surface area contributed by atoms with E-state index in [1.54, 1.807) is 0 Å². The summed E-state index contributed by atoms with van der Waals surface area (Å²) < 4.78 is 5.55. The predicted molar refractivity (Wildman–Crippen MR) is 95.8 cm³/mol. The molecule has 0 aliphatic carbocycles. The van der Waals surface area contributed by atoms with Gasteiger partial charge in [0, 0.05) is 6.61 Å². The molecule has 1 atom stereocenters. The first-order chi connectivity index (χ1) is 11.3. The summed E-state index contributed by atoms with van der Waals surface area (Å²) >= 11 is 0. The molecule has 1 unspecified atom stereocenters. The maximum absolute atomic E-state index is 9.91. The highest BCUT2D eigenvalue weighted by molar-refractivity contribution is 5.20. The SMILES string of the molecule is OCCCCCCCCCCCCC(O)COc1ccccc1. The minimum absolute atomic E-state index is 0.336. The van der Waals surface area contributed by atoms with Gasteiger partial charge in [0.05, 0.1) is 6.10 Å². The number of aliphatic hydroxyl groups is 2. The number of para-hydroxylation sites is 1. The van der Waals surface area contributed by atoms with E-state index in [1.165, 1.54) is 51.4 Å². The van der Waals surface area contributed by atoms with Crippen LogP contribution in [-0.4, -0.2) is 29.5 Å². The van der Waals surface area contributed by atoms with E-state index in [0.29, 0.717) is 13.2 Å². The first-order valence-electron chi connectivity index (χ1n) is 9.29. The number of aliphatic hydroxyl groups excluding tert-OH is 2. The largest absolute Gasteiger partial charge is 0.491 e. The first kappa shape index (κ1) is 20.0. The van der Waals surface area contributed by atoms with Crippen LogP contribution in [0.25, 0.3) is 0 Å². The molecule has 3 heteroatoms. The minimum atomic E-state index is -0.360. The number of hydrogen-bond acceptors (Lipinski definition) is 3. The molecule has 0 bridgehead atoms. The third-order valence-corrected chi connectivity index (χ3v) is 4.13. The van der Waals surface area contributed by atoms with Crippen LogP contribution < -0.4 is 4.74 Å². The summed E-state index contributed by atoms with van der Waals surface area (Å²) in [4.78, 5) is 0. The topological polar surface area (TPSA) is 49.7 Å². The van der Waals surface area contributed by atoms with Crippen molar-refractivity contribution >= 4 is 0 Å². The molecule has 23 heavy (non-hydrogen) atoms. The van der Waals surface area contributed by atoms with Crippen LogP contribution >= 0.6 is 0 Å². The third kappa shape index (κ3) is 12.1. The Morgan fingerprint density at radius 2 is 1.26 bits per heavy atom. The van der Waals surface area contributed by atoms with E-state index in [2.05, 4.69) is 0 Å². The molecule has 0 spiro atoms. The lowest BCUT2D eigenvalue weighted by Gasteiger charge is -2.12. The van der Waals surface area contributed by atoms with Crippen LogP contribution in [0.15, 0.2) is 30.3 Å². The van der Waals surface area contributed by atoms with Crippen molar-refractivity contribution in [2.24, 2.45) is 0 Å². The van der Waals surface area contributed by atoms with Crippen LogP contribution in [0.4, 0.5) is 0 Å². The predicted octanol–water partition coefficient (Wildman–Crippen LogP) is 4.71. The van der Waals surface area contributed by atoms with Gasteiger partial charge < -0.3 is 14.9 Å². The zero-order chi connectivity index (χ0) is 16.6. The van der Waals surface area contributed by atoms with Gasteiger partial charge in [0.15, 0.2) is 0 Å². The van der Waals surface area contributed by atoms with E-state index in [0.717, 1.165) is 25.0 Å². The molecule has 0 amide bonds. The number of ether oxygens (including phenoxy) is 1. The minimum Gasteiger partial charge on any atom is -0.491 e. The average Bonchev–Trinajstić information content (AvgIpc) is 2.59. The molecule has 0 saturated heterocycles. The molecule has 0 radical (unpaired) electrons. The Labute approximate surface area is 141 Å². The zero-order valence-electron chi connectivity index (χ0n) is 14.5. The monoisotopic (exact) mass is 322 g/mol. The molecule has 1 aromatic carbocycles. The molecule has 0 fully saturated rings. The van der Waals surface area contributed by atoms with Gasteiger partial charge in [-0.25, -0.2) is 0 Å². The number of hydrogen-bond donors (Lipinski definition) is 2. The summed E-state index contributed by atoms with van der Waals surface area (Å²) in [6, 6.07) is 9.66. The van der Waals surface area contributed by atoms with Crippen molar-refractivity contribution in [2.75, 3.05) is 13.2 Å². The third-order valence-electron chi connectivity index (χ3n) is 4.13. The van der Waals surface area contributed by atoms with Crippen LogP contribution in [0, 0.1) is 0 Å². The van der Waals surface area contributed by atoms with E-state index in [1.807, 2.05) is 30.3 Å². The van der Waals surface area contributed by atoms with Crippen molar-refractivity contribution in [1.82, 2.24) is 0 Å². The number of benzene rings is 1. The Morgan fingerprint density at radius 1 is 0.739 bits per heavy atom. The van der Waals surface area contributed by atoms with Crippen molar-refractivity contribution in [1.29, 1.82) is 0 Å². The zero-order valence-corrected chi connectivity index (χ0v) is 14.5. The summed E-state index contributed by atoms with van der Waals surface area (Å²) in [6.07, 6.45) is 12.6. The molecule has 2 N–H and O–H groups in total. The van der Waals surface area contributed by atoms with E-state index in [9.17, 15) is 5.11 Å². The lowest BCUT2D eigenvalue weighted by molar-refractivity contribution is 0.0975. The molecule has 0 heterocycles. The van der Waals surface area contributed by atoms with Gasteiger partial charge in [-0.3, -0.25) is 0 Å². The second-order valence-corrected chi connectivity index (χ2v) is 6.33. The molecule has 0 aliphatic rings. The molecule has 1 rings (SSSR count). The standard InChI is InChI=1S/C20H34O3/c21-17-13-8-6-4-2-1-3-5-7-10-14-19(22)18-23-20-15-11-9-12-16-20/h9,11-12,15-16,19,21-22H,1-8,10,13-14,17-18H2. The summed E-state index contributed by atoms with van der Waals surface area (Å²) in [7, 11) is 0. The molecule has 0 saturated carbocycles. The molecule has 0 aromatic heterocycles. The Balaban J connectivity index is 1.83. The van der Waals surface area contributed by atoms with Crippen LogP contribution in [0.3, 0.4) is 0 Å². The molecule has 0 aliphatic heterocycles. The van der Waals surface area contributed by atoms with Gasteiger partial charge in [-0.05, 0) is 25.0 Å². The Bertz CT molecular complexity index is 353. The molecule has 132 valence electrons. The lowest BCUT2D eigenvalue weighted by atomic mass is 10.0. The van der Waals surface area contributed by atoms with Crippen LogP contribution in [0.5, 0.6) is 5.75 Å². The van der Waals surface area contributed by atoms with E-state index in [4.69, 9.17) is 9.84 Å². The lowest BCUT2D eigenvalue weighted by Crippen LogP contribution is -2.17. The van der Waals surface area contributed by atoms with Gasteiger partial charge in [-0.15, -0.1) is 0 Å². The van der Waals surface area contributed by atoms with Gasteiger partial charge in [0.25, 0.3) is 0 Å². The van der Waals surface area contributed by atoms with Crippen molar-refractivity contribution < 1.29 is 14.9 Å². The molecule has 1 aromatic rings. The normalized spacial score (nSPS) is 12.3. The smallest absolute Gasteiger partial charge is 0.119 e. The Morgan fingerprint density at radius 3 is 1.83 bits per heavy atom.